The van der Waals surface area contributed by atoms with Crippen molar-refractivity contribution in [1.82, 2.24) is 9.88 Å². The fourth-order valence-electron chi connectivity index (χ4n) is 1.86. The van der Waals surface area contributed by atoms with Gasteiger partial charge in [-0.05, 0) is 24.4 Å². The van der Waals surface area contributed by atoms with Crippen LogP contribution in [0.5, 0.6) is 0 Å². The lowest BCUT2D eigenvalue weighted by Crippen LogP contribution is -2.35. The summed E-state index contributed by atoms with van der Waals surface area (Å²) < 4.78 is 1.39. The van der Waals surface area contributed by atoms with E-state index in [1.54, 1.807) is 32.3 Å². The van der Waals surface area contributed by atoms with E-state index < -0.39 is 0 Å². The summed E-state index contributed by atoms with van der Waals surface area (Å²) in [6.45, 7) is 1.77. The molecule has 0 fully saturated rings. The van der Waals surface area contributed by atoms with Gasteiger partial charge in [-0.25, -0.2) is 0 Å². The lowest BCUT2D eigenvalue weighted by molar-refractivity contribution is 0.0919. The molecule has 0 radical (unpaired) electrons. The number of hydrogen-bond acceptors (Lipinski definition) is 4. The van der Waals surface area contributed by atoms with Gasteiger partial charge in [-0.15, -0.1) is 11.3 Å². The Morgan fingerprint density at radius 1 is 1.38 bits per heavy atom. The number of thiophene rings is 1. The summed E-state index contributed by atoms with van der Waals surface area (Å²) in [5, 5.41) is 4.58. The number of aromatic nitrogens is 1. The molecule has 0 aromatic carbocycles. The number of amides is 1. The third kappa shape index (κ3) is 3.88. The lowest BCUT2D eigenvalue weighted by atomic mass is 10.1. The monoisotopic (exact) mass is 304 g/mol. The van der Waals surface area contributed by atoms with E-state index in [1.807, 2.05) is 11.4 Å². The van der Waals surface area contributed by atoms with Gasteiger partial charge in [-0.1, -0.05) is 6.07 Å². The lowest BCUT2D eigenvalue weighted by Gasteiger charge is -2.12. The van der Waals surface area contributed by atoms with Gasteiger partial charge in [0.25, 0.3) is 11.5 Å². The Morgan fingerprint density at radius 2 is 2.14 bits per heavy atom. The Bertz CT molecular complexity index is 704. The smallest absolute Gasteiger partial charge is 0.251 e. The highest BCUT2D eigenvalue weighted by Crippen LogP contribution is 2.12. The second-order valence-electron chi connectivity index (χ2n) is 4.84. The second kappa shape index (κ2) is 6.49. The standard InChI is InChI=1S/C15H16N2O3S/c1-10(8-12(18)13-4-3-7-21-13)16-15(20)11-5-6-17(2)14(19)9-11/h3-7,9-10H,8H2,1-2H3,(H,16,20)/t10-/m0/s1. The molecule has 1 atom stereocenters. The molecule has 0 bridgehead atoms. The number of ketones is 1. The van der Waals surface area contributed by atoms with E-state index in [4.69, 9.17) is 0 Å². The van der Waals surface area contributed by atoms with Crippen molar-refractivity contribution in [3.05, 3.63) is 56.6 Å². The first kappa shape index (κ1) is 15.2. The van der Waals surface area contributed by atoms with Crippen LogP contribution < -0.4 is 10.9 Å². The highest BCUT2D eigenvalue weighted by molar-refractivity contribution is 7.12. The fourth-order valence-corrected chi connectivity index (χ4v) is 2.54. The number of nitrogens with zero attached hydrogens (tertiary/aromatic N) is 1. The van der Waals surface area contributed by atoms with Gasteiger partial charge in [0.2, 0.25) is 0 Å². The second-order valence-corrected chi connectivity index (χ2v) is 5.79. The number of carbonyl (C=O) groups is 2. The van der Waals surface area contributed by atoms with E-state index in [9.17, 15) is 14.4 Å². The number of pyridine rings is 1. The van der Waals surface area contributed by atoms with E-state index in [1.165, 1.54) is 22.0 Å². The molecule has 0 saturated carbocycles. The van der Waals surface area contributed by atoms with Crippen LogP contribution in [0, 0.1) is 0 Å². The third-order valence-electron chi connectivity index (χ3n) is 3.03. The van der Waals surface area contributed by atoms with Crippen LogP contribution in [-0.2, 0) is 7.05 Å². The van der Waals surface area contributed by atoms with E-state index in [0.717, 1.165) is 0 Å². The van der Waals surface area contributed by atoms with Crippen LogP contribution in [0.15, 0.2) is 40.6 Å². The van der Waals surface area contributed by atoms with Crippen molar-refractivity contribution >= 4 is 23.0 Å². The van der Waals surface area contributed by atoms with Crippen molar-refractivity contribution < 1.29 is 9.59 Å². The summed E-state index contributed by atoms with van der Waals surface area (Å²) in [5.41, 5.74) is 0.0542. The van der Waals surface area contributed by atoms with Crippen LogP contribution in [0.25, 0.3) is 0 Å². The number of nitrogens with one attached hydrogen (secondary N) is 1. The first-order valence-corrected chi connectivity index (χ1v) is 7.39. The van der Waals surface area contributed by atoms with Gasteiger partial charge in [0, 0.05) is 37.3 Å². The highest BCUT2D eigenvalue weighted by Gasteiger charge is 2.15. The minimum atomic E-state index is -0.348. The van der Waals surface area contributed by atoms with E-state index in [-0.39, 0.29) is 29.7 Å². The van der Waals surface area contributed by atoms with Crippen molar-refractivity contribution in [2.45, 2.75) is 19.4 Å². The third-order valence-corrected chi connectivity index (χ3v) is 3.94. The summed E-state index contributed by atoms with van der Waals surface area (Å²) in [7, 11) is 1.62. The maximum Gasteiger partial charge on any atom is 0.251 e. The maximum absolute atomic E-state index is 12.0. The molecule has 0 aliphatic carbocycles. The fraction of sp³-hybridized carbons (Fsp3) is 0.267. The summed E-state index contributed by atoms with van der Waals surface area (Å²) in [6, 6.07) is 6.15. The molecule has 2 aromatic rings. The predicted octanol–water partition coefficient (Wildman–Crippen LogP) is 1.84. The molecule has 0 spiro atoms. The summed E-state index contributed by atoms with van der Waals surface area (Å²) in [6.07, 6.45) is 1.77. The average molecular weight is 304 g/mol. The predicted molar refractivity (Wildman–Crippen MR) is 81.9 cm³/mol. The Morgan fingerprint density at radius 3 is 2.76 bits per heavy atom. The minimum Gasteiger partial charge on any atom is -0.349 e. The molecular formula is C15H16N2O3S. The SMILES string of the molecule is C[C@@H](CC(=O)c1cccs1)NC(=O)c1ccn(C)c(=O)c1. The van der Waals surface area contributed by atoms with Gasteiger partial charge in [0.15, 0.2) is 5.78 Å². The number of hydrogen-bond donors (Lipinski definition) is 1. The zero-order chi connectivity index (χ0) is 15.4. The van der Waals surface area contributed by atoms with Gasteiger partial charge < -0.3 is 9.88 Å². The number of Topliss-reactive ketones (excluding diaryl/α,β-unsaturated/α-hetero) is 1. The van der Waals surface area contributed by atoms with Crippen LogP contribution in [0.1, 0.15) is 33.4 Å². The van der Waals surface area contributed by atoms with Crippen molar-refractivity contribution in [2.24, 2.45) is 7.05 Å². The number of carbonyl (C=O) groups excluding carboxylic acids is 2. The Hall–Kier alpha value is -2.21. The first-order chi connectivity index (χ1) is 9.97. The topological polar surface area (TPSA) is 68.2 Å². The number of aryl methyl sites for hydroxylation is 1. The van der Waals surface area contributed by atoms with Crippen LogP contribution in [0.3, 0.4) is 0 Å². The van der Waals surface area contributed by atoms with Gasteiger partial charge >= 0.3 is 0 Å². The minimum absolute atomic E-state index is 0.00164. The largest absolute Gasteiger partial charge is 0.349 e. The van der Waals surface area contributed by atoms with E-state index in [2.05, 4.69) is 5.32 Å². The molecule has 2 aromatic heterocycles. The molecule has 0 saturated heterocycles. The molecule has 1 N–H and O–H groups in total. The molecule has 110 valence electrons. The Kier molecular flexibility index (Phi) is 4.70. The molecule has 2 rings (SSSR count). The quantitative estimate of drug-likeness (QED) is 0.857. The Balaban J connectivity index is 1.97. The molecule has 21 heavy (non-hydrogen) atoms. The maximum atomic E-state index is 12.0. The van der Waals surface area contributed by atoms with Gasteiger partial charge in [0.05, 0.1) is 4.88 Å². The van der Waals surface area contributed by atoms with Crippen molar-refractivity contribution in [1.29, 1.82) is 0 Å². The molecular weight excluding hydrogens is 288 g/mol. The molecule has 5 nitrogen and oxygen atoms in total. The molecule has 1 amide bonds. The molecule has 0 aliphatic heterocycles. The van der Waals surface area contributed by atoms with E-state index >= 15 is 0 Å². The van der Waals surface area contributed by atoms with Gasteiger partial charge in [0.1, 0.15) is 0 Å². The van der Waals surface area contributed by atoms with Gasteiger partial charge in [-0.2, -0.15) is 0 Å². The summed E-state index contributed by atoms with van der Waals surface area (Å²) >= 11 is 1.39. The van der Waals surface area contributed by atoms with Crippen LogP contribution in [-0.4, -0.2) is 22.3 Å². The zero-order valence-corrected chi connectivity index (χ0v) is 12.6. The van der Waals surface area contributed by atoms with Gasteiger partial charge in [-0.3, -0.25) is 14.4 Å². The van der Waals surface area contributed by atoms with Crippen LogP contribution in [0.2, 0.25) is 0 Å². The van der Waals surface area contributed by atoms with Crippen LogP contribution >= 0.6 is 11.3 Å². The normalized spacial score (nSPS) is 11.9. The zero-order valence-electron chi connectivity index (χ0n) is 11.8. The molecule has 0 unspecified atom stereocenters. The van der Waals surface area contributed by atoms with E-state index in [0.29, 0.717) is 10.4 Å². The number of rotatable bonds is 5. The first-order valence-electron chi connectivity index (χ1n) is 6.51. The average Bonchev–Trinajstić information content (AvgIpc) is 2.95. The van der Waals surface area contributed by atoms with Crippen LogP contribution in [0.4, 0.5) is 0 Å². The van der Waals surface area contributed by atoms with Crippen molar-refractivity contribution in [3.8, 4) is 0 Å². The van der Waals surface area contributed by atoms with Crippen molar-refractivity contribution in [2.75, 3.05) is 0 Å². The molecule has 6 heteroatoms. The summed E-state index contributed by atoms with van der Waals surface area (Å²) in [4.78, 5) is 36.1. The summed E-state index contributed by atoms with van der Waals surface area (Å²) in [5.74, 6) is -0.346. The molecule has 2 heterocycles. The Labute approximate surface area is 126 Å². The highest BCUT2D eigenvalue weighted by atomic mass is 32.1. The molecule has 0 aliphatic rings. The van der Waals surface area contributed by atoms with Crippen molar-refractivity contribution in [3.63, 3.8) is 0 Å².